The van der Waals surface area contributed by atoms with Crippen molar-refractivity contribution >= 4 is 11.9 Å². The largest absolute Gasteiger partial charge is 0.241 e. The first-order valence-corrected chi connectivity index (χ1v) is 6.01. The van der Waals surface area contributed by atoms with Crippen LogP contribution in [-0.2, 0) is 0 Å². The highest BCUT2D eigenvalue weighted by Crippen LogP contribution is 2.17. The molecule has 2 nitrogen and oxygen atoms in total. The van der Waals surface area contributed by atoms with Crippen LogP contribution in [-0.4, -0.2) is 6.21 Å². The number of hydrogen-bond acceptors (Lipinski definition) is 2. The topological polar surface area (TPSA) is 15.6 Å². The average molecular weight is 228 g/mol. The lowest BCUT2D eigenvalue weighted by Crippen LogP contribution is -2.06. The molecule has 0 amide bonds. The summed E-state index contributed by atoms with van der Waals surface area (Å²) in [5, 5.41) is 6.12. The molecule has 1 aliphatic heterocycles. The van der Waals surface area contributed by atoms with Crippen molar-refractivity contribution in [1.82, 2.24) is 0 Å². The van der Waals surface area contributed by atoms with Crippen LogP contribution in [0.3, 0.4) is 0 Å². The van der Waals surface area contributed by atoms with Gasteiger partial charge >= 0.3 is 0 Å². The van der Waals surface area contributed by atoms with E-state index >= 15 is 0 Å². The van der Waals surface area contributed by atoms with E-state index in [0.717, 1.165) is 5.69 Å². The Balaban J connectivity index is 0.000000437. The maximum atomic E-state index is 4.27. The first-order valence-electron chi connectivity index (χ1n) is 6.01. The Bertz CT molecular complexity index is 401. The quantitative estimate of drug-likeness (QED) is 0.700. The highest BCUT2D eigenvalue weighted by atomic mass is 15.4. The van der Waals surface area contributed by atoms with E-state index < -0.39 is 0 Å². The fourth-order valence-corrected chi connectivity index (χ4v) is 1.32. The van der Waals surface area contributed by atoms with Gasteiger partial charge in [-0.2, -0.15) is 5.10 Å². The Morgan fingerprint density at radius 2 is 1.88 bits per heavy atom. The van der Waals surface area contributed by atoms with Crippen molar-refractivity contribution in [3.05, 3.63) is 54.3 Å². The predicted molar refractivity (Wildman–Crippen MR) is 76.4 cm³/mol. The first-order chi connectivity index (χ1) is 8.27. The van der Waals surface area contributed by atoms with Crippen LogP contribution >= 0.6 is 0 Å². The number of rotatable bonds is 1. The minimum atomic E-state index is 1.08. The number of hydrogen-bond donors (Lipinski definition) is 0. The van der Waals surface area contributed by atoms with Crippen molar-refractivity contribution in [2.24, 2.45) is 5.10 Å². The number of nitrogens with zero attached hydrogens (tertiary/aromatic N) is 2. The number of allylic oxidation sites excluding steroid dienone is 3. The number of anilines is 1. The SMILES string of the molecule is CCC.Cc1cccc(N2C=CC=CC=N2)c1. The van der Waals surface area contributed by atoms with Crippen LogP contribution in [0.1, 0.15) is 25.8 Å². The van der Waals surface area contributed by atoms with E-state index in [1.165, 1.54) is 12.0 Å². The summed E-state index contributed by atoms with van der Waals surface area (Å²) in [7, 11) is 0. The minimum Gasteiger partial charge on any atom is -0.241 e. The molecule has 1 aliphatic rings. The van der Waals surface area contributed by atoms with Gasteiger partial charge in [-0.15, -0.1) is 0 Å². The van der Waals surface area contributed by atoms with Gasteiger partial charge in [0, 0.05) is 12.4 Å². The number of aryl methyl sites for hydroxylation is 1. The van der Waals surface area contributed by atoms with E-state index in [2.05, 4.69) is 38.0 Å². The predicted octanol–water partition coefficient (Wildman–Crippen LogP) is 4.29. The van der Waals surface area contributed by atoms with Crippen LogP contribution in [0.15, 0.2) is 53.8 Å². The van der Waals surface area contributed by atoms with E-state index in [-0.39, 0.29) is 0 Å². The van der Waals surface area contributed by atoms with Crippen LogP contribution in [0.25, 0.3) is 0 Å². The Morgan fingerprint density at radius 1 is 1.12 bits per heavy atom. The molecule has 1 aromatic rings. The van der Waals surface area contributed by atoms with Gasteiger partial charge < -0.3 is 0 Å². The van der Waals surface area contributed by atoms with Crippen molar-refractivity contribution in [2.45, 2.75) is 27.2 Å². The van der Waals surface area contributed by atoms with Gasteiger partial charge in [-0.05, 0) is 36.8 Å². The highest BCUT2D eigenvalue weighted by molar-refractivity contribution is 5.74. The van der Waals surface area contributed by atoms with Crippen molar-refractivity contribution < 1.29 is 0 Å². The highest BCUT2D eigenvalue weighted by Gasteiger charge is 2.00. The van der Waals surface area contributed by atoms with E-state index in [1.807, 2.05) is 41.6 Å². The van der Waals surface area contributed by atoms with Crippen molar-refractivity contribution in [1.29, 1.82) is 0 Å². The summed E-state index contributed by atoms with van der Waals surface area (Å²) in [6, 6.07) is 8.26. The standard InChI is InChI=1S/C12H12N2.C3H8/c1-11-6-5-7-12(10-11)14-9-4-2-3-8-13-14;1-3-2/h2-10H,1H3;3H2,1-2H3. The minimum absolute atomic E-state index is 1.08. The zero-order valence-electron chi connectivity index (χ0n) is 10.8. The van der Waals surface area contributed by atoms with E-state index in [9.17, 15) is 0 Å². The van der Waals surface area contributed by atoms with E-state index in [4.69, 9.17) is 0 Å². The second-order valence-electron chi connectivity index (χ2n) is 3.88. The normalized spacial score (nSPS) is 13.0. The summed E-state index contributed by atoms with van der Waals surface area (Å²) in [5.74, 6) is 0. The fourth-order valence-electron chi connectivity index (χ4n) is 1.32. The molecule has 90 valence electrons. The van der Waals surface area contributed by atoms with Gasteiger partial charge in [0.25, 0.3) is 0 Å². The zero-order valence-corrected chi connectivity index (χ0v) is 10.8. The molecular weight excluding hydrogens is 208 g/mol. The van der Waals surface area contributed by atoms with Gasteiger partial charge in [-0.25, -0.2) is 5.01 Å². The Morgan fingerprint density at radius 3 is 2.59 bits per heavy atom. The molecule has 0 radical (unpaired) electrons. The summed E-state index contributed by atoms with van der Waals surface area (Å²) in [5.41, 5.74) is 2.32. The number of hydrazone groups is 1. The maximum Gasteiger partial charge on any atom is 0.0648 e. The van der Waals surface area contributed by atoms with Crippen LogP contribution in [0.5, 0.6) is 0 Å². The molecule has 0 bridgehead atoms. The summed E-state index contributed by atoms with van der Waals surface area (Å²) in [6.45, 7) is 6.33. The second-order valence-corrected chi connectivity index (χ2v) is 3.88. The van der Waals surface area contributed by atoms with Gasteiger partial charge in [0.2, 0.25) is 0 Å². The monoisotopic (exact) mass is 228 g/mol. The van der Waals surface area contributed by atoms with Crippen molar-refractivity contribution in [2.75, 3.05) is 5.01 Å². The third-order valence-corrected chi connectivity index (χ3v) is 1.99. The molecule has 0 atom stereocenters. The van der Waals surface area contributed by atoms with Gasteiger partial charge in [0.15, 0.2) is 0 Å². The Kier molecular flexibility index (Phi) is 5.80. The molecule has 1 heterocycles. The van der Waals surface area contributed by atoms with Crippen LogP contribution < -0.4 is 5.01 Å². The molecule has 0 unspecified atom stereocenters. The molecular formula is C15H20N2. The molecule has 0 N–H and O–H groups in total. The van der Waals surface area contributed by atoms with Gasteiger partial charge in [-0.1, -0.05) is 38.5 Å². The molecule has 0 aromatic heterocycles. The lowest BCUT2D eigenvalue weighted by molar-refractivity contribution is 1.09. The Hall–Kier alpha value is -1.83. The molecule has 0 fully saturated rings. The van der Waals surface area contributed by atoms with Gasteiger partial charge in [0.05, 0.1) is 5.69 Å². The van der Waals surface area contributed by atoms with E-state index in [0.29, 0.717) is 0 Å². The Labute approximate surface area is 104 Å². The molecule has 1 aromatic carbocycles. The summed E-state index contributed by atoms with van der Waals surface area (Å²) in [4.78, 5) is 0. The lowest BCUT2D eigenvalue weighted by Gasteiger charge is -2.13. The van der Waals surface area contributed by atoms with Gasteiger partial charge in [0.1, 0.15) is 0 Å². The van der Waals surface area contributed by atoms with Gasteiger partial charge in [-0.3, -0.25) is 0 Å². The van der Waals surface area contributed by atoms with Crippen molar-refractivity contribution in [3.8, 4) is 0 Å². The van der Waals surface area contributed by atoms with Crippen LogP contribution in [0, 0.1) is 6.92 Å². The molecule has 2 heteroatoms. The zero-order chi connectivity index (χ0) is 12.5. The molecule has 0 saturated carbocycles. The third kappa shape index (κ3) is 4.68. The molecule has 0 saturated heterocycles. The fraction of sp³-hybridized carbons (Fsp3) is 0.267. The first kappa shape index (κ1) is 13.2. The van der Waals surface area contributed by atoms with Crippen molar-refractivity contribution in [3.63, 3.8) is 0 Å². The van der Waals surface area contributed by atoms with Crippen LogP contribution in [0.2, 0.25) is 0 Å². The summed E-state index contributed by atoms with van der Waals surface area (Å²) < 4.78 is 0. The average Bonchev–Trinajstić information content (AvgIpc) is 2.58. The second kappa shape index (κ2) is 7.44. The molecule has 17 heavy (non-hydrogen) atoms. The van der Waals surface area contributed by atoms with Crippen LogP contribution in [0.4, 0.5) is 5.69 Å². The molecule has 0 spiro atoms. The smallest absolute Gasteiger partial charge is 0.0648 e. The molecule has 2 rings (SSSR count). The molecule has 0 aliphatic carbocycles. The number of benzene rings is 1. The summed E-state index contributed by atoms with van der Waals surface area (Å²) in [6.07, 6.45) is 10.8. The summed E-state index contributed by atoms with van der Waals surface area (Å²) >= 11 is 0. The maximum absolute atomic E-state index is 4.27. The third-order valence-electron chi connectivity index (χ3n) is 1.99. The van der Waals surface area contributed by atoms with E-state index in [1.54, 1.807) is 6.21 Å². The lowest BCUT2D eigenvalue weighted by atomic mass is 10.2.